The smallest absolute Gasteiger partial charge is 0.406 e. The zero-order valence-electron chi connectivity index (χ0n) is 19.4. The molecule has 0 radical (unpaired) electrons. The van der Waals surface area contributed by atoms with E-state index in [-0.39, 0.29) is 24.7 Å². The lowest BCUT2D eigenvalue weighted by Crippen LogP contribution is -2.53. The Balaban J connectivity index is 1.33. The van der Waals surface area contributed by atoms with Crippen molar-refractivity contribution >= 4 is 11.9 Å². The minimum Gasteiger partial charge on any atom is -0.406 e. The number of alkyl halides is 6. The van der Waals surface area contributed by atoms with Gasteiger partial charge in [-0.3, -0.25) is 19.6 Å². The molecule has 0 N–H and O–H groups in total. The summed E-state index contributed by atoms with van der Waals surface area (Å²) in [5.74, 6) is -0.0870. The van der Waals surface area contributed by atoms with E-state index >= 15 is 0 Å². The number of halogens is 6. The summed E-state index contributed by atoms with van der Waals surface area (Å²) < 4.78 is 80.6. The van der Waals surface area contributed by atoms with Crippen molar-refractivity contribution < 1.29 is 35.9 Å². The van der Waals surface area contributed by atoms with Gasteiger partial charge in [-0.05, 0) is 35.4 Å². The second-order valence-electron chi connectivity index (χ2n) is 9.00. The highest BCUT2D eigenvalue weighted by atomic mass is 19.4. The third-order valence-corrected chi connectivity index (χ3v) is 6.44. The van der Waals surface area contributed by atoms with Gasteiger partial charge in [0.25, 0.3) is 5.91 Å². The van der Waals surface area contributed by atoms with Crippen LogP contribution in [-0.2, 0) is 24.1 Å². The number of nitrogens with zero attached hydrogens (tertiary/aromatic N) is 4. The molecule has 0 bridgehead atoms. The first-order chi connectivity index (χ1) is 17.5. The molecular weight excluding hydrogens is 502 g/mol. The third kappa shape index (κ3) is 5.43. The van der Waals surface area contributed by atoms with Crippen molar-refractivity contribution in [1.82, 2.24) is 14.7 Å². The van der Waals surface area contributed by atoms with Gasteiger partial charge in [-0.25, -0.2) is 0 Å². The van der Waals surface area contributed by atoms with E-state index in [1.54, 1.807) is 6.07 Å². The van der Waals surface area contributed by atoms with E-state index in [0.29, 0.717) is 55.3 Å². The van der Waals surface area contributed by atoms with Crippen molar-refractivity contribution in [2.45, 2.75) is 32.0 Å². The van der Waals surface area contributed by atoms with Gasteiger partial charge in [0, 0.05) is 38.3 Å². The molecule has 3 aliphatic rings. The van der Waals surface area contributed by atoms with Crippen molar-refractivity contribution in [3.63, 3.8) is 0 Å². The highest BCUT2D eigenvalue weighted by Crippen LogP contribution is 2.33. The molecule has 0 fully saturated rings. The van der Waals surface area contributed by atoms with E-state index in [2.05, 4.69) is 9.73 Å². The number of hydrogen-bond donors (Lipinski definition) is 0. The maximum absolute atomic E-state index is 13.6. The number of ether oxygens (including phenoxy) is 1. The highest BCUT2D eigenvalue weighted by molar-refractivity contribution is 6.09. The minimum atomic E-state index is -4.79. The average Bonchev–Trinajstić information content (AvgIpc) is 3.31. The first-order valence-electron chi connectivity index (χ1n) is 11.6. The predicted molar refractivity (Wildman–Crippen MR) is 121 cm³/mol. The van der Waals surface area contributed by atoms with Crippen molar-refractivity contribution in [2.75, 3.05) is 26.2 Å². The molecule has 2 aromatic rings. The fourth-order valence-corrected chi connectivity index (χ4v) is 4.83. The van der Waals surface area contributed by atoms with Crippen LogP contribution in [0.4, 0.5) is 26.3 Å². The Morgan fingerprint density at radius 1 is 0.919 bits per heavy atom. The molecule has 37 heavy (non-hydrogen) atoms. The SMILES string of the molecule is O=C1C2=C(CCN(Cc3cccc(OC(F)(F)F)c3)C2)N2CCN=C2N1Cc1ccc(C(F)(F)F)cc1. The number of aliphatic imine (C=N–C) groups is 1. The van der Waals surface area contributed by atoms with Crippen LogP contribution in [0.3, 0.4) is 0 Å². The highest BCUT2D eigenvalue weighted by Gasteiger charge is 2.41. The number of carbonyl (C=O) groups excluding carboxylic acids is 1. The third-order valence-electron chi connectivity index (χ3n) is 6.44. The van der Waals surface area contributed by atoms with Crippen LogP contribution in [0.15, 0.2) is 64.8 Å². The second kappa shape index (κ2) is 9.40. The summed E-state index contributed by atoms with van der Waals surface area (Å²) in [5.41, 5.74) is 1.81. The molecule has 196 valence electrons. The minimum absolute atomic E-state index is 0.0694. The van der Waals surface area contributed by atoms with Crippen molar-refractivity contribution in [1.29, 1.82) is 0 Å². The standard InChI is InChI=1S/C25H22F6N4O2/c26-24(27,28)18-6-4-16(5-7-18)14-35-22(36)20-15-33(10-8-21(20)34-11-9-32-23(34)35)13-17-2-1-3-19(12-17)37-25(29,30)31/h1-7,12H,8-11,13-15H2. The summed E-state index contributed by atoms with van der Waals surface area (Å²) >= 11 is 0. The van der Waals surface area contributed by atoms with Crippen LogP contribution in [0.1, 0.15) is 23.1 Å². The van der Waals surface area contributed by atoms with E-state index < -0.39 is 18.1 Å². The summed E-state index contributed by atoms with van der Waals surface area (Å²) in [6, 6.07) is 10.4. The molecule has 1 amide bonds. The van der Waals surface area contributed by atoms with Gasteiger partial charge in [-0.1, -0.05) is 24.3 Å². The number of benzene rings is 2. The molecule has 0 saturated heterocycles. The Hall–Kier alpha value is -3.54. The Morgan fingerprint density at radius 2 is 1.68 bits per heavy atom. The normalized spacial score (nSPS) is 18.6. The molecule has 0 aliphatic carbocycles. The molecule has 0 unspecified atom stereocenters. The van der Waals surface area contributed by atoms with E-state index in [0.717, 1.165) is 17.8 Å². The predicted octanol–water partition coefficient (Wildman–Crippen LogP) is 4.78. The Labute approximate surface area is 208 Å². The van der Waals surface area contributed by atoms with Gasteiger partial charge in [-0.2, -0.15) is 13.2 Å². The largest absolute Gasteiger partial charge is 0.573 e. The van der Waals surface area contributed by atoms with E-state index in [9.17, 15) is 31.1 Å². The maximum atomic E-state index is 13.6. The van der Waals surface area contributed by atoms with Crippen LogP contribution >= 0.6 is 0 Å². The fraction of sp³-hybridized carbons (Fsp3) is 0.360. The van der Waals surface area contributed by atoms with E-state index in [1.165, 1.54) is 35.2 Å². The van der Waals surface area contributed by atoms with Crippen molar-refractivity contribution in [2.24, 2.45) is 4.99 Å². The number of hydrogen-bond acceptors (Lipinski definition) is 5. The lowest BCUT2D eigenvalue weighted by atomic mass is 10.00. The monoisotopic (exact) mass is 524 g/mol. The molecular formula is C25H22F6N4O2. The summed E-state index contributed by atoms with van der Waals surface area (Å²) in [4.78, 5) is 23.5. The molecule has 0 spiro atoms. The van der Waals surface area contributed by atoms with Crippen molar-refractivity contribution in [3.8, 4) is 5.75 Å². The molecule has 0 aromatic heterocycles. The number of amides is 1. The zero-order chi connectivity index (χ0) is 26.4. The lowest BCUT2D eigenvalue weighted by molar-refractivity contribution is -0.274. The van der Waals surface area contributed by atoms with Gasteiger partial charge in [0.15, 0.2) is 0 Å². The van der Waals surface area contributed by atoms with E-state index in [4.69, 9.17) is 0 Å². The number of carbonyl (C=O) groups is 1. The first-order valence-corrected chi connectivity index (χ1v) is 11.6. The molecule has 12 heteroatoms. The van der Waals surface area contributed by atoms with E-state index in [1.807, 2.05) is 9.80 Å². The van der Waals surface area contributed by atoms with Crippen LogP contribution in [0.25, 0.3) is 0 Å². The van der Waals surface area contributed by atoms with Gasteiger partial charge >= 0.3 is 12.5 Å². The molecule has 3 heterocycles. The molecule has 6 nitrogen and oxygen atoms in total. The maximum Gasteiger partial charge on any atom is 0.573 e. The quantitative estimate of drug-likeness (QED) is 0.529. The van der Waals surface area contributed by atoms with Crippen LogP contribution in [0.5, 0.6) is 5.75 Å². The van der Waals surface area contributed by atoms with Gasteiger partial charge in [0.2, 0.25) is 5.96 Å². The summed E-state index contributed by atoms with van der Waals surface area (Å²) in [6.45, 7) is 2.37. The molecule has 0 atom stereocenters. The Kier molecular flexibility index (Phi) is 6.38. The average molecular weight is 524 g/mol. The van der Waals surface area contributed by atoms with Gasteiger partial charge in [0.1, 0.15) is 5.75 Å². The molecule has 3 aliphatic heterocycles. The molecule has 2 aromatic carbocycles. The Morgan fingerprint density at radius 3 is 2.38 bits per heavy atom. The summed E-state index contributed by atoms with van der Waals surface area (Å²) in [5, 5.41) is 0. The summed E-state index contributed by atoms with van der Waals surface area (Å²) in [7, 11) is 0. The molecule has 0 saturated carbocycles. The topological polar surface area (TPSA) is 48.4 Å². The number of guanidine groups is 1. The second-order valence-corrected chi connectivity index (χ2v) is 9.00. The molecule has 5 rings (SSSR count). The Bertz CT molecular complexity index is 1250. The van der Waals surface area contributed by atoms with Crippen LogP contribution in [0, 0.1) is 0 Å². The summed E-state index contributed by atoms with van der Waals surface area (Å²) in [6.07, 6.45) is -8.67. The van der Waals surface area contributed by atoms with Gasteiger partial charge < -0.3 is 9.64 Å². The van der Waals surface area contributed by atoms with Crippen LogP contribution < -0.4 is 4.74 Å². The van der Waals surface area contributed by atoms with Crippen molar-refractivity contribution in [3.05, 3.63) is 76.5 Å². The number of rotatable bonds is 5. The zero-order valence-corrected chi connectivity index (χ0v) is 19.4. The first kappa shape index (κ1) is 25.1. The number of fused-ring (bicyclic) bond motifs is 2. The van der Waals surface area contributed by atoms with Crippen LogP contribution in [-0.4, -0.2) is 59.1 Å². The lowest BCUT2D eigenvalue weighted by Gasteiger charge is -2.42. The van der Waals surface area contributed by atoms with Gasteiger partial charge in [-0.15, -0.1) is 13.2 Å². The van der Waals surface area contributed by atoms with Gasteiger partial charge in [0.05, 0.1) is 24.2 Å². The van der Waals surface area contributed by atoms with Crippen LogP contribution in [0.2, 0.25) is 0 Å². The fourth-order valence-electron chi connectivity index (χ4n) is 4.83.